The van der Waals surface area contributed by atoms with Gasteiger partial charge in [0.15, 0.2) is 5.78 Å². The number of carbonyl (C=O) groups excluding carboxylic acids is 2. The topological polar surface area (TPSA) is 101 Å². The summed E-state index contributed by atoms with van der Waals surface area (Å²) < 4.78 is 0. The second-order valence-electron chi connectivity index (χ2n) is 7.89. The number of nitrogens with zero attached hydrogens (tertiary/aromatic N) is 1. The third-order valence-electron chi connectivity index (χ3n) is 5.82. The zero-order valence-electron chi connectivity index (χ0n) is 17.4. The van der Waals surface area contributed by atoms with E-state index >= 15 is 0 Å². The number of anilines is 1. The van der Waals surface area contributed by atoms with Crippen LogP contribution in [0.2, 0.25) is 0 Å². The standard InChI is InChI=1S/C24H23N3O4/c1-14-11-12-16(13-19(14)27(30)31)22-21(24(29)26-17-7-4-3-5-8-17)15(2)25-18-9-6-10-20(28)23(18)22/h3-5,7-8,11-13,22,25H,6,9-10H2,1-2H3,(H,26,29). The number of dihydropyridines is 1. The molecule has 2 aromatic rings. The summed E-state index contributed by atoms with van der Waals surface area (Å²) in [5.74, 6) is -1.03. The van der Waals surface area contributed by atoms with Crippen molar-refractivity contribution in [3.63, 3.8) is 0 Å². The van der Waals surface area contributed by atoms with Gasteiger partial charge in [-0.1, -0.05) is 30.3 Å². The van der Waals surface area contributed by atoms with Gasteiger partial charge in [0.05, 0.1) is 4.92 Å². The van der Waals surface area contributed by atoms with Gasteiger partial charge in [0, 0.05) is 52.2 Å². The highest BCUT2D eigenvalue weighted by Crippen LogP contribution is 2.43. The number of nitrogens with one attached hydrogen (secondary N) is 2. The summed E-state index contributed by atoms with van der Waals surface area (Å²) in [6, 6.07) is 14.0. The molecule has 4 rings (SSSR count). The molecule has 31 heavy (non-hydrogen) atoms. The van der Waals surface area contributed by atoms with Crippen molar-refractivity contribution >= 4 is 23.1 Å². The summed E-state index contributed by atoms with van der Waals surface area (Å²) in [6.45, 7) is 3.48. The number of aryl methyl sites for hydroxylation is 1. The lowest BCUT2D eigenvalue weighted by Gasteiger charge is -2.34. The molecule has 0 saturated carbocycles. The number of carbonyl (C=O) groups is 2. The van der Waals surface area contributed by atoms with Gasteiger partial charge in [-0.3, -0.25) is 19.7 Å². The number of hydrogen-bond acceptors (Lipinski definition) is 5. The van der Waals surface area contributed by atoms with Crippen LogP contribution in [0.3, 0.4) is 0 Å². The fraction of sp³-hybridized carbons (Fsp3) is 0.250. The molecule has 1 aliphatic heterocycles. The molecule has 7 nitrogen and oxygen atoms in total. The van der Waals surface area contributed by atoms with Crippen molar-refractivity contribution < 1.29 is 14.5 Å². The van der Waals surface area contributed by atoms with E-state index in [0.29, 0.717) is 46.5 Å². The third-order valence-corrected chi connectivity index (χ3v) is 5.82. The first-order chi connectivity index (χ1) is 14.9. The van der Waals surface area contributed by atoms with E-state index < -0.39 is 10.8 Å². The summed E-state index contributed by atoms with van der Waals surface area (Å²) in [5.41, 5.74) is 4.10. The smallest absolute Gasteiger partial charge is 0.272 e. The van der Waals surface area contributed by atoms with E-state index in [1.807, 2.05) is 18.2 Å². The maximum atomic E-state index is 13.4. The Morgan fingerprint density at radius 2 is 1.87 bits per heavy atom. The Hall–Kier alpha value is -3.74. The van der Waals surface area contributed by atoms with Crippen molar-refractivity contribution in [2.45, 2.75) is 39.0 Å². The van der Waals surface area contributed by atoms with Crippen molar-refractivity contribution in [1.82, 2.24) is 5.32 Å². The van der Waals surface area contributed by atoms with Crippen LogP contribution in [0.4, 0.5) is 11.4 Å². The number of nitro benzene ring substituents is 1. The Labute approximate surface area is 180 Å². The lowest BCUT2D eigenvalue weighted by Crippen LogP contribution is -2.35. The number of ketones is 1. The normalized spacial score (nSPS) is 18.4. The van der Waals surface area contributed by atoms with Crippen LogP contribution in [-0.2, 0) is 9.59 Å². The lowest BCUT2D eigenvalue weighted by molar-refractivity contribution is -0.385. The van der Waals surface area contributed by atoms with Crippen molar-refractivity contribution in [2.75, 3.05) is 5.32 Å². The van der Waals surface area contributed by atoms with Gasteiger partial charge in [0.25, 0.3) is 11.6 Å². The largest absolute Gasteiger partial charge is 0.362 e. The predicted octanol–water partition coefficient (Wildman–Crippen LogP) is 4.51. The van der Waals surface area contributed by atoms with Crippen LogP contribution >= 0.6 is 0 Å². The molecule has 2 aromatic carbocycles. The molecule has 158 valence electrons. The molecule has 0 radical (unpaired) electrons. The van der Waals surface area contributed by atoms with Crippen molar-refractivity contribution in [1.29, 1.82) is 0 Å². The van der Waals surface area contributed by atoms with E-state index in [9.17, 15) is 19.7 Å². The van der Waals surface area contributed by atoms with Crippen LogP contribution in [0.15, 0.2) is 71.1 Å². The molecule has 0 bridgehead atoms. The van der Waals surface area contributed by atoms with Gasteiger partial charge >= 0.3 is 0 Å². The molecule has 1 amide bonds. The van der Waals surface area contributed by atoms with Crippen LogP contribution in [0.25, 0.3) is 0 Å². The molecule has 2 N–H and O–H groups in total. The molecule has 1 atom stereocenters. The van der Waals surface area contributed by atoms with Gasteiger partial charge in [0.2, 0.25) is 0 Å². The average Bonchev–Trinajstić information content (AvgIpc) is 2.73. The first-order valence-corrected chi connectivity index (χ1v) is 10.2. The van der Waals surface area contributed by atoms with E-state index in [2.05, 4.69) is 10.6 Å². The van der Waals surface area contributed by atoms with Crippen LogP contribution in [0.1, 0.15) is 43.2 Å². The van der Waals surface area contributed by atoms with E-state index in [1.54, 1.807) is 38.1 Å². The molecular weight excluding hydrogens is 394 g/mol. The fourth-order valence-electron chi connectivity index (χ4n) is 4.34. The van der Waals surface area contributed by atoms with E-state index in [1.165, 1.54) is 6.07 Å². The predicted molar refractivity (Wildman–Crippen MR) is 117 cm³/mol. The fourth-order valence-corrected chi connectivity index (χ4v) is 4.34. The van der Waals surface area contributed by atoms with Crippen LogP contribution in [-0.4, -0.2) is 16.6 Å². The Bertz CT molecular complexity index is 1150. The minimum absolute atomic E-state index is 0.0260. The number of para-hydroxylation sites is 1. The molecule has 2 aliphatic rings. The Kier molecular flexibility index (Phi) is 5.42. The zero-order valence-corrected chi connectivity index (χ0v) is 17.4. The van der Waals surface area contributed by atoms with Crippen LogP contribution < -0.4 is 10.6 Å². The molecule has 0 fully saturated rings. The number of rotatable bonds is 4. The quantitative estimate of drug-likeness (QED) is 0.563. The molecule has 1 aliphatic carbocycles. The Balaban J connectivity index is 1.84. The number of allylic oxidation sites excluding steroid dienone is 3. The maximum Gasteiger partial charge on any atom is 0.272 e. The van der Waals surface area contributed by atoms with E-state index in [-0.39, 0.29) is 17.4 Å². The molecule has 7 heteroatoms. The van der Waals surface area contributed by atoms with Crippen LogP contribution in [0.5, 0.6) is 0 Å². The molecule has 0 saturated heterocycles. The van der Waals surface area contributed by atoms with Gasteiger partial charge in [0.1, 0.15) is 0 Å². The number of Topliss-reactive ketones (excluding diaryl/α,β-unsaturated/α-hetero) is 1. The highest BCUT2D eigenvalue weighted by atomic mass is 16.6. The third kappa shape index (κ3) is 3.86. The number of amides is 1. The van der Waals surface area contributed by atoms with Gasteiger partial charge in [-0.05, 0) is 44.4 Å². The summed E-state index contributed by atoms with van der Waals surface area (Å²) in [4.78, 5) is 37.4. The summed E-state index contributed by atoms with van der Waals surface area (Å²) >= 11 is 0. The van der Waals surface area contributed by atoms with Gasteiger partial charge in [-0.25, -0.2) is 0 Å². The lowest BCUT2D eigenvalue weighted by atomic mass is 9.74. The number of nitro groups is 1. The Morgan fingerprint density at radius 3 is 2.58 bits per heavy atom. The second-order valence-corrected chi connectivity index (χ2v) is 7.89. The van der Waals surface area contributed by atoms with Crippen molar-refractivity contribution in [2.24, 2.45) is 0 Å². The van der Waals surface area contributed by atoms with E-state index in [4.69, 9.17) is 0 Å². The zero-order chi connectivity index (χ0) is 22.1. The first-order valence-electron chi connectivity index (χ1n) is 10.2. The Morgan fingerprint density at radius 1 is 1.13 bits per heavy atom. The average molecular weight is 417 g/mol. The SMILES string of the molecule is CC1=C(C(=O)Nc2ccccc2)C(c2ccc(C)c([N+](=O)[O-])c2)C2=C(CCCC2=O)N1. The molecule has 1 unspecified atom stereocenters. The number of hydrogen-bond donors (Lipinski definition) is 2. The minimum atomic E-state index is -0.660. The van der Waals surface area contributed by atoms with Crippen LogP contribution in [0, 0.1) is 17.0 Å². The molecular formula is C24H23N3O4. The monoisotopic (exact) mass is 417 g/mol. The molecule has 0 spiro atoms. The first kappa shape index (κ1) is 20.5. The maximum absolute atomic E-state index is 13.4. The second kappa shape index (κ2) is 8.18. The summed E-state index contributed by atoms with van der Waals surface area (Å²) in [6.07, 6.45) is 1.85. The highest BCUT2D eigenvalue weighted by molar-refractivity contribution is 6.09. The summed E-state index contributed by atoms with van der Waals surface area (Å²) in [7, 11) is 0. The molecule has 1 heterocycles. The van der Waals surface area contributed by atoms with Crippen molar-refractivity contribution in [3.05, 3.63) is 92.3 Å². The van der Waals surface area contributed by atoms with Gasteiger partial charge < -0.3 is 10.6 Å². The molecule has 0 aromatic heterocycles. The van der Waals surface area contributed by atoms with Crippen molar-refractivity contribution in [3.8, 4) is 0 Å². The number of benzene rings is 2. The van der Waals surface area contributed by atoms with E-state index in [0.717, 1.165) is 12.1 Å². The van der Waals surface area contributed by atoms with Gasteiger partial charge in [-0.15, -0.1) is 0 Å². The minimum Gasteiger partial charge on any atom is -0.362 e. The highest BCUT2D eigenvalue weighted by Gasteiger charge is 2.39. The summed E-state index contributed by atoms with van der Waals surface area (Å²) in [5, 5.41) is 17.7. The van der Waals surface area contributed by atoms with Gasteiger partial charge in [-0.2, -0.15) is 0 Å².